The molecule has 0 heterocycles. The zero-order valence-corrected chi connectivity index (χ0v) is 14.1. The number of hydrogen-bond acceptors (Lipinski definition) is 2. The highest BCUT2D eigenvalue weighted by Gasteiger charge is 2.18. The molecule has 2 unspecified atom stereocenters. The second-order valence-corrected chi connectivity index (χ2v) is 6.94. The summed E-state index contributed by atoms with van der Waals surface area (Å²) in [5, 5.41) is 3.78. The fourth-order valence-corrected chi connectivity index (χ4v) is 3.58. The van der Waals surface area contributed by atoms with E-state index < -0.39 is 0 Å². The van der Waals surface area contributed by atoms with Crippen molar-refractivity contribution < 1.29 is 0 Å². The van der Waals surface area contributed by atoms with Crippen LogP contribution in [0.1, 0.15) is 57.4 Å². The Morgan fingerprint density at radius 2 is 2.00 bits per heavy atom. The molecular formula is C19H32N2. The third kappa shape index (κ3) is 5.70. The van der Waals surface area contributed by atoms with Gasteiger partial charge in [-0.3, -0.25) is 0 Å². The van der Waals surface area contributed by atoms with Crippen molar-refractivity contribution in [2.75, 3.05) is 19.4 Å². The van der Waals surface area contributed by atoms with Crippen LogP contribution >= 0.6 is 0 Å². The van der Waals surface area contributed by atoms with Gasteiger partial charge in [0.1, 0.15) is 0 Å². The smallest absolute Gasteiger partial charge is 0.0345 e. The minimum absolute atomic E-state index is 0.668. The molecule has 0 aliphatic heterocycles. The number of hydrogen-bond donors (Lipinski definition) is 1. The van der Waals surface area contributed by atoms with E-state index in [0.29, 0.717) is 6.04 Å². The van der Waals surface area contributed by atoms with E-state index in [2.05, 4.69) is 55.5 Å². The number of nitrogens with zero attached hydrogens (tertiary/aromatic N) is 1. The Hall–Kier alpha value is -1.02. The van der Waals surface area contributed by atoms with Crippen molar-refractivity contribution in [1.29, 1.82) is 0 Å². The van der Waals surface area contributed by atoms with Crippen LogP contribution in [0.15, 0.2) is 24.3 Å². The van der Waals surface area contributed by atoms with Gasteiger partial charge in [-0.05, 0) is 57.0 Å². The Kier molecular flexibility index (Phi) is 6.56. The normalized spacial score (nSPS) is 23.0. The molecular weight excluding hydrogens is 256 g/mol. The Balaban J connectivity index is 1.89. The van der Waals surface area contributed by atoms with Gasteiger partial charge in [0.2, 0.25) is 0 Å². The average Bonchev–Trinajstić information content (AvgIpc) is 2.65. The van der Waals surface area contributed by atoms with E-state index in [4.69, 9.17) is 0 Å². The van der Waals surface area contributed by atoms with Crippen LogP contribution in [0.4, 0.5) is 5.69 Å². The minimum Gasteiger partial charge on any atom is -0.382 e. The highest BCUT2D eigenvalue weighted by Crippen LogP contribution is 2.28. The molecule has 2 rings (SSSR count). The second kappa shape index (κ2) is 8.43. The SMILES string of the molecule is CCCC1CCCC(Nc2cccc(CN(C)C)c2)CC1. The number of rotatable bonds is 6. The molecule has 2 atom stereocenters. The van der Waals surface area contributed by atoms with E-state index in [-0.39, 0.29) is 0 Å². The molecule has 1 aromatic carbocycles. The fraction of sp³-hybridized carbons (Fsp3) is 0.684. The highest BCUT2D eigenvalue weighted by molar-refractivity contribution is 5.46. The van der Waals surface area contributed by atoms with Gasteiger partial charge >= 0.3 is 0 Å². The summed E-state index contributed by atoms with van der Waals surface area (Å²) < 4.78 is 0. The summed E-state index contributed by atoms with van der Waals surface area (Å²) in [7, 11) is 4.25. The van der Waals surface area contributed by atoms with Gasteiger partial charge in [-0.2, -0.15) is 0 Å². The van der Waals surface area contributed by atoms with Gasteiger partial charge in [0, 0.05) is 18.3 Å². The summed E-state index contributed by atoms with van der Waals surface area (Å²) >= 11 is 0. The summed E-state index contributed by atoms with van der Waals surface area (Å²) in [5.41, 5.74) is 2.69. The zero-order valence-electron chi connectivity index (χ0n) is 14.1. The molecule has 2 heteroatoms. The molecule has 2 nitrogen and oxygen atoms in total. The van der Waals surface area contributed by atoms with Gasteiger partial charge in [0.05, 0.1) is 0 Å². The summed E-state index contributed by atoms with van der Waals surface area (Å²) in [6, 6.07) is 9.59. The molecule has 0 saturated heterocycles. The Morgan fingerprint density at radius 3 is 2.76 bits per heavy atom. The fourth-order valence-electron chi connectivity index (χ4n) is 3.58. The number of nitrogens with one attached hydrogen (secondary N) is 1. The standard InChI is InChI=1S/C19H32N2/c1-4-7-16-8-5-10-18(13-12-16)20-19-11-6-9-17(14-19)15-21(2)3/h6,9,11,14,16,18,20H,4-5,7-8,10,12-13,15H2,1-3H3. The predicted molar refractivity (Wildman–Crippen MR) is 92.7 cm³/mol. The van der Waals surface area contributed by atoms with Crippen molar-refractivity contribution in [3.8, 4) is 0 Å². The van der Waals surface area contributed by atoms with Crippen molar-refractivity contribution in [2.45, 2.75) is 64.5 Å². The maximum atomic E-state index is 3.78. The lowest BCUT2D eigenvalue weighted by Crippen LogP contribution is -2.18. The van der Waals surface area contributed by atoms with E-state index in [0.717, 1.165) is 12.5 Å². The molecule has 1 aliphatic carbocycles. The van der Waals surface area contributed by atoms with Crippen LogP contribution in [0.2, 0.25) is 0 Å². The second-order valence-electron chi connectivity index (χ2n) is 6.94. The molecule has 118 valence electrons. The first-order chi connectivity index (χ1) is 10.2. The lowest BCUT2D eigenvalue weighted by Gasteiger charge is -2.19. The first-order valence-electron chi connectivity index (χ1n) is 8.67. The number of anilines is 1. The Labute approximate surface area is 130 Å². The molecule has 1 saturated carbocycles. The maximum absolute atomic E-state index is 3.78. The van der Waals surface area contributed by atoms with Gasteiger partial charge in [-0.25, -0.2) is 0 Å². The van der Waals surface area contributed by atoms with Crippen LogP contribution in [0.25, 0.3) is 0 Å². The largest absolute Gasteiger partial charge is 0.382 e. The van der Waals surface area contributed by atoms with Crippen LogP contribution < -0.4 is 5.32 Å². The molecule has 0 aromatic heterocycles. The Bertz CT molecular complexity index is 414. The topological polar surface area (TPSA) is 15.3 Å². The maximum Gasteiger partial charge on any atom is 0.0345 e. The van der Waals surface area contributed by atoms with Crippen LogP contribution in [0.3, 0.4) is 0 Å². The van der Waals surface area contributed by atoms with Crippen LogP contribution in [-0.4, -0.2) is 25.0 Å². The van der Waals surface area contributed by atoms with Crippen molar-refractivity contribution >= 4 is 5.69 Å². The Morgan fingerprint density at radius 1 is 1.14 bits per heavy atom. The minimum atomic E-state index is 0.668. The van der Waals surface area contributed by atoms with Crippen LogP contribution in [0, 0.1) is 5.92 Å². The van der Waals surface area contributed by atoms with Crippen LogP contribution in [0.5, 0.6) is 0 Å². The van der Waals surface area contributed by atoms with Crippen molar-refractivity contribution in [2.24, 2.45) is 5.92 Å². The summed E-state index contributed by atoms with van der Waals surface area (Å²) in [6.45, 7) is 3.33. The quantitative estimate of drug-likeness (QED) is 0.748. The van der Waals surface area contributed by atoms with E-state index in [1.165, 1.54) is 56.2 Å². The predicted octanol–water partition coefficient (Wildman–Crippen LogP) is 4.91. The monoisotopic (exact) mass is 288 g/mol. The van der Waals surface area contributed by atoms with Crippen LogP contribution in [-0.2, 0) is 6.54 Å². The molecule has 1 fully saturated rings. The summed E-state index contributed by atoms with van der Waals surface area (Å²) in [5.74, 6) is 0.974. The van der Waals surface area contributed by atoms with Gasteiger partial charge < -0.3 is 10.2 Å². The molecule has 0 spiro atoms. The van der Waals surface area contributed by atoms with Gasteiger partial charge in [0.15, 0.2) is 0 Å². The van der Waals surface area contributed by atoms with Gasteiger partial charge in [-0.15, -0.1) is 0 Å². The highest BCUT2D eigenvalue weighted by atomic mass is 15.0. The lowest BCUT2D eigenvalue weighted by atomic mass is 9.95. The molecule has 1 aromatic rings. The van der Waals surface area contributed by atoms with Crippen molar-refractivity contribution in [3.63, 3.8) is 0 Å². The molecule has 1 N–H and O–H groups in total. The van der Waals surface area contributed by atoms with E-state index in [1.54, 1.807) is 0 Å². The van der Waals surface area contributed by atoms with E-state index in [1.807, 2.05) is 0 Å². The van der Waals surface area contributed by atoms with Crippen molar-refractivity contribution in [1.82, 2.24) is 4.90 Å². The summed E-state index contributed by atoms with van der Waals surface area (Å²) in [4.78, 5) is 2.22. The first-order valence-corrected chi connectivity index (χ1v) is 8.67. The molecule has 1 aliphatic rings. The molecule has 0 bridgehead atoms. The third-order valence-corrected chi connectivity index (χ3v) is 4.58. The summed E-state index contributed by atoms with van der Waals surface area (Å²) in [6.07, 6.45) is 9.66. The molecule has 0 amide bonds. The van der Waals surface area contributed by atoms with Gasteiger partial charge in [0.25, 0.3) is 0 Å². The zero-order chi connectivity index (χ0) is 15.1. The average molecular weight is 288 g/mol. The van der Waals surface area contributed by atoms with Crippen molar-refractivity contribution in [3.05, 3.63) is 29.8 Å². The number of benzene rings is 1. The van der Waals surface area contributed by atoms with Gasteiger partial charge in [-0.1, -0.05) is 44.7 Å². The first kappa shape index (κ1) is 16.4. The molecule has 0 radical (unpaired) electrons. The third-order valence-electron chi connectivity index (χ3n) is 4.58. The molecule has 21 heavy (non-hydrogen) atoms. The van der Waals surface area contributed by atoms with E-state index in [9.17, 15) is 0 Å². The lowest BCUT2D eigenvalue weighted by molar-refractivity contribution is 0.402. The van der Waals surface area contributed by atoms with E-state index >= 15 is 0 Å².